The van der Waals surface area contributed by atoms with Gasteiger partial charge in [-0.2, -0.15) is 0 Å². The highest BCUT2D eigenvalue weighted by atomic mass is 35.5. The van der Waals surface area contributed by atoms with Crippen molar-refractivity contribution in [3.63, 3.8) is 0 Å². The number of hydrogen-bond acceptors (Lipinski definition) is 5. The molecule has 146 valence electrons. The van der Waals surface area contributed by atoms with Crippen LogP contribution < -0.4 is 10.1 Å². The number of hydrogen-bond donors (Lipinski definition) is 1. The number of methoxy groups -OCH3 is 1. The molecule has 1 N–H and O–H groups in total. The first kappa shape index (κ1) is 19.8. The molecule has 0 unspecified atom stereocenters. The fourth-order valence-corrected chi connectivity index (χ4v) is 2.95. The molecule has 7 heteroatoms. The summed E-state index contributed by atoms with van der Waals surface area (Å²) >= 11 is 6.08. The van der Waals surface area contributed by atoms with Gasteiger partial charge in [-0.05, 0) is 38.5 Å². The molecule has 1 heterocycles. The summed E-state index contributed by atoms with van der Waals surface area (Å²) in [4.78, 5) is 25.0. The number of aryl methyl sites for hydroxylation is 2. The zero-order valence-corrected chi connectivity index (χ0v) is 16.7. The second-order valence-corrected chi connectivity index (χ2v) is 6.80. The molecule has 0 radical (unpaired) electrons. The Labute approximate surface area is 167 Å². The third-order valence-electron chi connectivity index (χ3n) is 4.42. The summed E-state index contributed by atoms with van der Waals surface area (Å²) in [5, 5.41) is 4.05. The van der Waals surface area contributed by atoms with Gasteiger partial charge < -0.3 is 19.2 Å². The van der Waals surface area contributed by atoms with E-state index < -0.39 is 18.0 Å². The summed E-state index contributed by atoms with van der Waals surface area (Å²) in [7, 11) is 1.48. The van der Waals surface area contributed by atoms with Crippen LogP contribution in [-0.2, 0) is 9.53 Å². The molecule has 0 spiro atoms. The summed E-state index contributed by atoms with van der Waals surface area (Å²) in [6.45, 7) is 5.07. The van der Waals surface area contributed by atoms with E-state index in [1.165, 1.54) is 14.0 Å². The van der Waals surface area contributed by atoms with Gasteiger partial charge in [-0.15, -0.1) is 0 Å². The highest BCUT2D eigenvalue weighted by Gasteiger charge is 2.25. The largest absolute Gasteiger partial charge is 0.495 e. The molecule has 1 amide bonds. The minimum absolute atomic E-state index is 0.0840. The Bertz CT molecular complexity index is 1060. The first-order valence-corrected chi connectivity index (χ1v) is 9.03. The van der Waals surface area contributed by atoms with Gasteiger partial charge in [0.1, 0.15) is 11.3 Å². The first-order valence-electron chi connectivity index (χ1n) is 8.66. The van der Waals surface area contributed by atoms with Crippen molar-refractivity contribution in [2.45, 2.75) is 26.9 Å². The molecule has 28 heavy (non-hydrogen) atoms. The van der Waals surface area contributed by atoms with Gasteiger partial charge in [0.2, 0.25) is 5.76 Å². The highest BCUT2D eigenvalue weighted by molar-refractivity contribution is 6.31. The number of nitrogens with one attached hydrogen (secondary N) is 1. The topological polar surface area (TPSA) is 77.8 Å². The number of halogens is 1. The van der Waals surface area contributed by atoms with E-state index in [4.69, 9.17) is 25.5 Å². The molecule has 3 aromatic rings. The van der Waals surface area contributed by atoms with Gasteiger partial charge in [0.25, 0.3) is 5.91 Å². The molecule has 0 saturated carbocycles. The van der Waals surface area contributed by atoms with Crippen molar-refractivity contribution in [3.05, 3.63) is 58.3 Å². The molecule has 0 aliphatic heterocycles. The van der Waals surface area contributed by atoms with Crippen LogP contribution in [0.2, 0.25) is 5.02 Å². The zero-order chi connectivity index (χ0) is 20.4. The number of rotatable bonds is 5. The lowest BCUT2D eigenvalue weighted by Crippen LogP contribution is -2.30. The van der Waals surface area contributed by atoms with Crippen LogP contribution in [0, 0.1) is 13.8 Å². The van der Waals surface area contributed by atoms with Crippen LogP contribution in [0.1, 0.15) is 28.6 Å². The Morgan fingerprint density at radius 3 is 2.57 bits per heavy atom. The molecule has 0 saturated heterocycles. The van der Waals surface area contributed by atoms with E-state index in [1.807, 2.05) is 25.1 Å². The second-order valence-electron chi connectivity index (χ2n) is 6.39. The lowest BCUT2D eigenvalue weighted by molar-refractivity contribution is -0.123. The Morgan fingerprint density at radius 2 is 1.89 bits per heavy atom. The van der Waals surface area contributed by atoms with E-state index in [2.05, 4.69) is 5.32 Å². The van der Waals surface area contributed by atoms with Gasteiger partial charge in [0.15, 0.2) is 6.10 Å². The van der Waals surface area contributed by atoms with Gasteiger partial charge in [-0.3, -0.25) is 4.79 Å². The standard InChI is InChI=1S/C21H20ClNO5/c1-11-9-16(18(26-4)10-15(11)22)23-20(24)13(3)27-21(25)19-12(2)14-7-5-6-8-17(14)28-19/h5-10,13H,1-4H3,(H,23,24)/t13-/m0/s1. The van der Waals surface area contributed by atoms with Gasteiger partial charge in [-0.25, -0.2) is 4.79 Å². The summed E-state index contributed by atoms with van der Waals surface area (Å²) in [5.74, 6) is -0.700. The number of fused-ring (bicyclic) bond motifs is 1. The molecule has 6 nitrogen and oxygen atoms in total. The number of carbonyl (C=O) groups is 2. The molecule has 0 bridgehead atoms. The third-order valence-corrected chi connectivity index (χ3v) is 4.83. The van der Waals surface area contributed by atoms with Crippen LogP contribution in [0.5, 0.6) is 5.75 Å². The second kappa shape index (κ2) is 7.94. The monoisotopic (exact) mass is 401 g/mol. The molecule has 0 fully saturated rings. The normalized spacial score (nSPS) is 11.9. The number of esters is 1. The number of anilines is 1. The molecule has 3 rings (SSSR count). The van der Waals surface area contributed by atoms with E-state index in [0.717, 1.165) is 10.9 Å². The van der Waals surface area contributed by atoms with E-state index in [0.29, 0.717) is 27.6 Å². The van der Waals surface area contributed by atoms with Crippen molar-refractivity contribution in [2.24, 2.45) is 0 Å². The number of amides is 1. The maximum Gasteiger partial charge on any atom is 0.375 e. The van der Waals surface area contributed by atoms with Crippen LogP contribution in [0.4, 0.5) is 5.69 Å². The number of furan rings is 1. The van der Waals surface area contributed by atoms with Crippen molar-refractivity contribution < 1.29 is 23.5 Å². The molecule has 1 aromatic heterocycles. The van der Waals surface area contributed by atoms with Crippen molar-refractivity contribution in [1.82, 2.24) is 0 Å². The average molecular weight is 402 g/mol. The molecular weight excluding hydrogens is 382 g/mol. The number of carbonyl (C=O) groups excluding carboxylic acids is 2. The Balaban J connectivity index is 1.74. The van der Waals surface area contributed by atoms with Crippen molar-refractivity contribution in [1.29, 1.82) is 0 Å². The predicted molar refractivity (Wildman–Crippen MR) is 107 cm³/mol. The maximum absolute atomic E-state index is 12.5. The first-order chi connectivity index (χ1) is 13.3. The highest BCUT2D eigenvalue weighted by Crippen LogP contribution is 2.31. The quantitative estimate of drug-likeness (QED) is 0.615. The van der Waals surface area contributed by atoms with Gasteiger partial charge in [0, 0.05) is 22.0 Å². The molecule has 0 aliphatic rings. The molecule has 0 aliphatic carbocycles. The van der Waals surface area contributed by atoms with Crippen LogP contribution in [0.25, 0.3) is 11.0 Å². The van der Waals surface area contributed by atoms with Crippen molar-refractivity contribution in [2.75, 3.05) is 12.4 Å². The van der Waals surface area contributed by atoms with Crippen molar-refractivity contribution >= 4 is 40.1 Å². The Hall–Kier alpha value is -2.99. The maximum atomic E-state index is 12.5. The van der Waals surface area contributed by atoms with Crippen molar-refractivity contribution in [3.8, 4) is 5.75 Å². The summed E-state index contributed by atoms with van der Waals surface area (Å²) in [5.41, 5.74) is 2.48. The van der Waals surface area contributed by atoms with Crippen LogP contribution in [0.3, 0.4) is 0 Å². The molecule has 2 aromatic carbocycles. The smallest absolute Gasteiger partial charge is 0.375 e. The van der Waals surface area contributed by atoms with E-state index in [9.17, 15) is 9.59 Å². The minimum Gasteiger partial charge on any atom is -0.495 e. The minimum atomic E-state index is -1.04. The molecule has 1 atom stereocenters. The molecular formula is C21H20ClNO5. The van der Waals surface area contributed by atoms with Crippen LogP contribution >= 0.6 is 11.6 Å². The summed E-state index contributed by atoms with van der Waals surface area (Å²) < 4.78 is 16.1. The SMILES string of the molecule is COc1cc(Cl)c(C)cc1NC(=O)[C@H](C)OC(=O)c1oc2ccccc2c1C. The number of para-hydroxylation sites is 1. The predicted octanol–water partition coefficient (Wildman–Crippen LogP) is 4.90. The zero-order valence-electron chi connectivity index (χ0n) is 16.0. The fraction of sp³-hybridized carbons (Fsp3) is 0.238. The fourth-order valence-electron chi connectivity index (χ4n) is 2.80. The van der Waals surface area contributed by atoms with E-state index >= 15 is 0 Å². The summed E-state index contributed by atoms with van der Waals surface area (Å²) in [6.07, 6.45) is -1.04. The van der Waals surface area contributed by atoms with Crippen LogP contribution in [-0.4, -0.2) is 25.1 Å². The van der Waals surface area contributed by atoms with E-state index in [1.54, 1.807) is 25.1 Å². The Kier molecular flexibility index (Phi) is 5.61. The van der Waals surface area contributed by atoms with Gasteiger partial charge in [-0.1, -0.05) is 29.8 Å². The number of benzene rings is 2. The van der Waals surface area contributed by atoms with Gasteiger partial charge in [0.05, 0.1) is 12.8 Å². The lowest BCUT2D eigenvalue weighted by Gasteiger charge is -2.16. The summed E-state index contributed by atoms with van der Waals surface area (Å²) in [6, 6.07) is 10.6. The average Bonchev–Trinajstić information content (AvgIpc) is 3.01. The number of ether oxygens (including phenoxy) is 2. The van der Waals surface area contributed by atoms with Crippen LogP contribution in [0.15, 0.2) is 40.8 Å². The lowest BCUT2D eigenvalue weighted by atomic mass is 10.1. The Morgan fingerprint density at radius 1 is 1.18 bits per heavy atom. The van der Waals surface area contributed by atoms with Gasteiger partial charge >= 0.3 is 5.97 Å². The third kappa shape index (κ3) is 3.82. The van der Waals surface area contributed by atoms with E-state index in [-0.39, 0.29) is 5.76 Å².